The molecule has 1 aliphatic heterocycles. The lowest BCUT2D eigenvalue weighted by Gasteiger charge is -2.36. The van der Waals surface area contributed by atoms with Crippen molar-refractivity contribution < 1.29 is 9.53 Å². The normalized spacial score (nSPS) is 24.3. The summed E-state index contributed by atoms with van der Waals surface area (Å²) in [7, 11) is 0. The van der Waals surface area contributed by atoms with E-state index in [9.17, 15) is 4.79 Å². The SMILES string of the molecule is CC1CC(N)CN(C(=O)C(C)Oc2cccc(Cl)c2)C1. The van der Waals surface area contributed by atoms with Crippen molar-refractivity contribution in [2.24, 2.45) is 11.7 Å². The molecule has 0 bridgehead atoms. The Balaban J connectivity index is 1.98. The van der Waals surface area contributed by atoms with Gasteiger partial charge < -0.3 is 15.4 Å². The van der Waals surface area contributed by atoms with E-state index in [1.165, 1.54) is 0 Å². The summed E-state index contributed by atoms with van der Waals surface area (Å²) in [6.45, 7) is 5.22. The molecule has 1 saturated heterocycles. The molecule has 0 aliphatic carbocycles. The first-order valence-corrected chi connectivity index (χ1v) is 7.30. The zero-order valence-electron chi connectivity index (χ0n) is 11.9. The Labute approximate surface area is 124 Å². The summed E-state index contributed by atoms with van der Waals surface area (Å²) in [4.78, 5) is 14.2. The molecule has 2 rings (SSSR count). The molecule has 0 saturated carbocycles. The molecular weight excluding hydrogens is 276 g/mol. The molecule has 1 aromatic rings. The lowest BCUT2D eigenvalue weighted by atomic mass is 9.96. The molecule has 0 spiro atoms. The van der Waals surface area contributed by atoms with Gasteiger partial charge in [0, 0.05) is 24.2 Å². The molecule has 5 heteroatoms. The van der Waals surface area contributed by atoms with Gasteiger partial charge in [0.2, 0.25) is 0 Å². The summed E-state index contributed by atoms with van der Waals surface area (Å²) in [5.74, 6) is 1.01. The summed E-state index contributed by atoms with van der Waals surface area (Å²) in [6, 6.07) is 7.12. The van der Waals surface area contributed by atoms with E-state index in [4.69, 9.17) is 22.1 Å². The second-order valence-electron chi connectivity index (χ2n) is 5.56. The third-order valence-electron chi connectivity index (χ3n) is 3.46. The fourth-order valence-electron chi connectivity index (χ4n) is 2.63. The highest BCUT2D eigenvalue weighted by Crippen LogP contribution is 2.20. The highest BCUT2D eigenvalue weighted by molar-refractivity contribution is 6.30. The van der Waals surface area contributed by atoms with Gasteiger partial charge in [-0.1, -0.05) is 24.6 Å². The van der Waals surface area contributed by atoms with E-state index in [1.54, 1.807) is 36.1 Å². The van der Waals surface area contributed by atoms with Crippen LogP contribution in [-0.2, 0) is 4.79 Å². The van der Waals surface area contributed by atoms with Crippen LogP contribution >= 0.6 is 11.6 Å². The van der Waals surface area contributed by atoms with Gasteiger partial charge in [-0.2, -0.15) is 0 Å². The van der Waals surface area contributed by atoms with Crippen LogP contribution in [0.2, 0.25) is 5.02 Å². The third-order valence-corrected chi connectivity index (χ3v) is 3.70. The van der Waals surface area contributed by atoms with Gasteiger partial charge in [-0.3, -0.25) is 4.79 Å². The van der Waals surface area contributed by atoms with Crippen LogP contribution < -0.4 is 10.5 Å². The van der Waals surface area contributed by atoms with E-state index in [-0.39, 0.29) is 11.9 Å². The summed E-state index contributed by atoms with van der Waals surface area (Å²) >= 11 is 5.90. The molecule has 4 nitrogen and oxygen atoms in total. The maximum atomic E-state index is 12.4. The highest BCUT2D eigenvalue weighted by Gasteiger charge is 2.29. The first kappa shape index (κ1) is 15.1. The maximum absolute atomic E-state index is 12.4. The van der Waals surface area contributed by atoms with Gasteiger partial charge in [0.15, 0.2) is 6.10 Å². The number of carbonyl (C=O) groups is 1. The average molecular weight is 297 g/mol. The number of hydrogen-bond donors (Lipinski definition) is 1. The van der Waals surface area contributed by atoms with Gasteiger partial charge in [0.1, 0.15) is 5.75 Å². The predicted octanol–water partition coefficient (Wildman–Crippen LogP) is 2.30. The van der Waals surface area contributed by atoms with E-state index in [1.807, 2.05) is 0 Å². The van der Waals surface area contributed by atoms with E-state index in [0.717, 1.165) is 13.0 Å². The van der Waals surface area contributed by atoms with E-state index in [2.05, 4.69) is 6.92 Å². The van der Waals surface area contributed by atoms with Crippen molar-refractivity contribution in [3.63, 3.8) is 0 Å². The number of hydrogen-bond acceptors (Lipinski definition) is 3. The quantitative estimate of drug-likeness (QED) is 0.931. The smallest absolute Gasteiger partial charge is 0.263 e. The summed E-state index contributed by atoms with van der Waals surface area (Å²) in [5.41, 5.74) is 5.97. The first-order valence-electron chi connectivity index (χ1n) is 6.92. The van der Waals surface area contributed by atoms with Crippen LogP contribution in [0.15, 0.2) is 24.3 Å². The van der Waals surface area contributed by atoms with Crippen molar-refractivity contribution in [1.29, 1.82) is 0 Å². The van der Waals surface area contributed by atoms with E-state index < -0.39 is 6.10 Å². The number of nitrogens with two attached hydrogens (primary N) is 1. The standard InChI is InChI=1S/C15H21ClN2O2/c1-10-6-13(17)9-18(8-10)15(19)11(2)20-14-5-3-4-12(16)7-14/h3-5,7,10-11,13H,6,8-9,17H2,1-2H3. The van der Waals surface area contributed by atoms with Crippen LogP contribution in [0.4, 0.5) is 0 Å². The monoisotopic (exact) mass is 296 g/mol. The molecule has 1 fully saturated rings. The molecule has 1 aromatic carbocycles. The molecule has 2 N–H and O–H groups in total. The number of amides is 1. The van der Waals surface area contributed by atoms with Crippen LogP contribution in [0.1, 0.15) is 20.3 Å². The first-order chi connectivity index (χ1) is 9.45. The Morgan fingerprint density at radius 1 is 1.50 bits per heavy atom. The number of piperidine rings is 1. The van der Waals surface area contributed by atoms with Crippen molar-refractivity contribution >= 4 is 17.5 Å². The number of ether oxygens (including phenoxy) is 1. The molecule has 0 aromatic heterocycles. The Hall–Kier alpha value is -1.26. The minimum Gasteiger partial charge on any atom is -0.481 e. The maximum Gasteiger partial charge on any atom is 0.263 e. The van der Waals surface area contributed by atoms with Crippen LogP contribution in [0.25, 0.3) is 0 Å². The zero-order valence-corrected chi connectivity index (χ0v) is 12.6. The van der Waals surface area contributed by atoms with Crippen molar-refractivity contribution in [2.45, 2.75) is 32.4 Å². The summed E-state index contributed by atoms with van der Waals surface area (Å²) < 4.78 is 5.66. The van der Waals surface area contributed by atoms with Crippen LogP contribution in [0, 0.1) is 5.92 Å². The number of rotatable bonds is 3. The number of carbonyl (C=O) groups excluding carboxylic acids is 1. The van der Waals surface area contributed by atoms with Gasteiger partial charge in [0.25, 0.3) is 5.91 Å². The molecule has 1 amide bonds. The average Bonchev–Trinajstić information content (AvgIpc) is 2.36. The van der Waals surface area contributed by atoms with Gasteiger partial charge in [-0.05, 0) is 37.5 Å². The van der Waals surface area contributed by atoms with E-state index >= 15 is 0 Å². The Kier molecular flexibility index (Phi) is 4.89. The molecule has 3 unspecified atom stereocenters. The van der Waals surface area contributed by atoms with Crippen molar-refractivity contribution in [2.75, 3.05) is 13.1 Å². The summed E-state index contributed by atoms with van der Waals surface area (Å²) in [5, 5.41) is 0.593. The summed E-state index contributed by atoms with van der Waals surface area (Å²) in [6.07, 6.45) is 0.429. The zero-order chi connectivity index (χ0) is 14.7. The fourth-order valence-corrected chi connectivity index (χ4v) is 2.81. The van der Waals surface area contributed by atoms with Crippen LogP contribution in [-0.4, -0.2) is 36.0 Å². The van der Waals surface area contributed by atoms with Crippen molar-refractivity contribution in [3.8, 4) is 5.75 Å². The predicted molar refractivity (Wildman–Crippen MR) is 79.9 cm³/mol. The molecular formula is C15H21ClN2O2. The van der Waals surface area contributed by atoms with Gasteiger partial charge in [0.05, 0.1) is 0 Å². The van der Waals surface area contributed by atoms with Gasteiger partial charge in [-0.15, -0.1) is 0 Å². The molecule has 1 aliphatic rings. The fraction of sp³-hybridized carbons (Fsp3) is 0.533. The minimum atomic E-state index is -0.536. The van der Waals surface area contributed by atoms with E-state index in [0.29, 0.717) is 23.2 Å². The number of benzene rings is 1. The lowest BCUT2D eigenvalue weighted by Crippen LogP contribution is -2.52. The molecule has 0 radical (unpaired) electrons. The molecule has 3 atom stereocenters. The molecule has 110 valence electrons. The van der Waals surface area contributed by atoms with Crippen molar-refractivity contribution in [3.05, 3.63) is 29.3 Å². The topological polar surface area (TPSA) is 55.6 Å². The van der Waals surface area contributed by atoms with Crippen LogP contribution in [0.3, 0.4) is 0 Å². The highest BCUT2D eigenvalue weighted by atomic mass is 35.5. The lowest BCUT2D eigenvalue weighted by molar-refractivity contribution is -0.140. The number of halogens is 1. The van der Waals surface area contributed by atoms with Crippen LogP contribution in [0.5, 0.6) is 5.75 Å². The Morgan fingerprint density at radius 3 is 2.90 bits per heavy atom. The van der Waals surface area contributed by atoms with Gasteiger partial charge >= 0.3 is 0 Å². The largest absolute Gasteiger partial charge is 0.481 e. The minimum absolute atomic E-state index is 0.0213. The van der Waals surface area contributed by atoms with Gasteiger partial charge in [-0.25, -0.2) is 0 Å². The van der Waals surface area contributed by atoms with Crippen molar-refractivity contribution in [1.82, 2.24) is 4.90 Å². The Morgan fingerprint density at radius 2 is 2.25 bits per heavy atom. The number of nitrogens with zero attached hydrogens (tertiary/aromatic N) is 1. The number of likely N-dealkylation sites (tertiary alicyclic amines) is 1. The third kappa shape index (κ3) is 3.87. The molecule has 1 heterocycles. The molecule has 20 heavy (non-hydrogen) atoms. The second-order valence-corrected chi connectivity index (χ2v) is 6.00. The Bertz CT molecular complexity index is 471. The second kappa shape index (κ2) is 6.46.